The van der Waals surface area contributed by atoms with Crippen molar-refractivity contribution < 1.29 is 9.53 Å². The van der Waals surface area contributed by atoms with Crippen LogP contribution in [0.5, 0.6) is 5.75 Å². The minimum atomic E-state index is -0.129. The molecule has 8 nitrogen and oxygen atoms in total. The van der Waals surface area contributed by atoms with Gasteiger partial charge in [-0.25, -0.2) is 4.68 Å². The second-order valence-electron chi connectivity index (χ2n) is 5.70. The molecule has 0 aliphatic rings. The maximum atomic E-state index is 12.1. The number of nitrogens with zero attached hydrogens (tertiary/aromatic N) is 5. The Kier molecular flexibility index (Phi) is 8.30. The fourth-order valence-corrected chi connectivity index (χ4v) is 2.61. The van der Waals surface area contributed by atoms with Crippen LogP contribution in [-0.4, -0.2) is 57.2 Å². The quantitative estimate of drug-likeness (QED) is 0.598. The van der Waals surface area contributed by atoms with E-state index in [1.807, 2.05) is 12.1 Å². The highest BCUT2D eigenvalue weighted by Gasteiger charge is 2.12. The van der Waals surface area contributed by atoms with Crippen molar-refractivity contribution in [3.05, 3.63) is 35.1 Å². The fraction of sp³-hybridized carbons (Fsp3) is 0.529. The number of carbonyl (C=O) groups is 1. The van der Waals surface area contributed by atoms with Crippen LogP contribution >= 0.6 is 11.6 Å². The Morgan fingerprint density at radius 3 is 2.81 bits per heavy atom. The zero-order valence-electron chi connectivity index (χ0n) is 15.2. The third-order valence-corrected chi connectivity index (χ3v) is 4.27. The highest BCUT2D eigenvalue weighted by molar-refractivity contribution is 6.32. The summed E-state index contributed by atoms with van der Waals surface area (Å²) in [4.78, 5) is 14.4. The second kappa shape index (κ2) is 10.7. The van der Waals surface area contributed by atoms with Gasteiger partial charge in [0.1, 0.15) is 18.9 Å². The molecule has 1 heterocycles. The summed E-state index contributed by atoms with van der Waals surface area (Å²) in [6.07, 6.45) is 0.908. The lowest BCUT2D eigenvalue weighted by Crippen LogP contribution is -2.32. The minimum absolute atomic E-state index is 0.0550. The molecule has 0 fully saturated rings. The SMILES string of the molecule is CCN(CC)CCCNC(=O)Cn1nnnc1COc1ccccc1Cl. The predicted molar refractivity (Wildman–Crippen MR) is 99.0 cm³/mol. The number of nitrogens with one attached hydrogen (secondary N) is 1. The summed E-state index contributed by atoms with van der Waals surface area (Å²) in [5.41, 5.74) is 0. The first-order valence-corrected chi connectivity index (χ1v) is 9.13. The van der Waals surface area contributed by atoms with Crippen molar-refractivity contribution in [3.63, 3.8) is 0 Å². The largest absolute Gasteiger partial charge is 0.484 e. The van der Waals surface area contributed by atoms with Crippen LogP contribution in [0.15, 0.2) is 24.3 Å². The van der Waals surface area contributed by atoms with Gasteiger partial charge >= 0.3 is 0 Å². The molecule has 2 aromatic rings. The maximum absolute atomic E-state index is 12.1. The Morgan fingerprint density at radius 1 is 1.31 bits per heavy atom. The summed E-state index contributed by atoms with van der Waals surface area (Å²) in [5.74, 6) is 0.878. The van der Waals surface area contributed by atoms with E-state index in [0.29, 0.717) is 23.1 Å². The molecule has 0 aliphatic heterocycles. The van der Waals surface area contributed by atoms with Crippen LogP contribution in [0.3, 0.4) is 0 Å². The van der Waals surface area contributed by atoms with Gasteiger partial charge in [-0.3, -0.25) is 4.79 Å². The molecule has 0 spiro atoms. The Morgan fingerprint density at radius 2 is 2.08 bits per heavy atom. The number of rotatable bonds is 11. The molecule has 0 bridgehead atoms. The number of halogens is 1. The Bertz CT molecular complexity index is 689. The summed E-state index contributed by atoms with van der Waals surface area (Å²) in [6.45, 7) is 8.08. The van der Waals surface area contributed by atoms with Crippen molar-refractivity contribution in [2.75, 3.05) is 26.2 Å². The second-order valence-corrected chi connectivity index (χ2v) is 6.11. The molecule has 142 valence electrons. The highest BCUT2D eigenvalue weighted by atomic mass is 35.5. The van der Waals surface area contributed by atoms with Crippen molar-refractivity contribution >= 4 is 17.5 Å². The summed E-state index contributed by atoms with van der Waals surface area (Å²) in [5, 5.41) is 14.8. The van der Waals surface area contributed by atoms with Crippen LogP contribution in [0.2, 0.25) is 5.02 Å². The molecule has 0 radical (unpaired) electrons. The van der Waals surface area contributed by atoms with Crippen LogP contribution in [0, 0.1) is 0 Å². The van der Waals surface area contributed by atoms with E-state index in [1.54, 1.807) is 12.1 Å². The van der Waals surface area contributed by atoms with Gasteiger partial charge in [-0.05, 0) is 48.6 Å². The molecular formula is C17H25ClN6O2. The van der Waals surface area contributed by atoms with Gasteiger partial charge in [-0.15, -0.1) is 5.10 Å². The number of hydrogen-bond acceptors (Lipinski definition) is 6. The third-order valence-electron chi connectivity index (χ3n) is 3.96. The van der Waals surface area contributed by atoms with Gasteiger partial charge in [-0.2, -0.15) is 0 Å². The lowest BCUT2D eigenvalue weighted by atomic mass is 10.3. The first-order valence-electron chi connectivity index (χ1n) is 8.75. The molecule has 1 N–H and O–H groups in total. The smallest absolute Gasteiger partial charge is 0.241 e. The number of amides is 1. The van der Waals surface area contributed by atoms with Crippen LogP contribution in [0.25, 0.3) is 0 Å². The molecule has 0 atom stereocenters. The van der Waals surface area contributed by atoms with Gasteiger partial charge in [0, 0.05) is 6.54 Å². The zero-order valence-corrected chi connectivity index (χ0v) is 15.9. The average Bonchev–Trinajstić information content (AvgIpc) is 3.08. The number of ether oxygens (including phenoxy) is 1. The molecular weight excluding hydrogens is 356 g/mol. The van der Waals surface area contributed by atoms with Crippen molar-refractivity contribution in [1.82, 2.24) is 30.4 Å². The van der Waals surface area contributed by atoms with Gasteiger partial charge in [0.15, 0.2) is 5.82 Å². The number of hydrogen-bond donors (Lipinski definition) is 1. The Balaban J connectivity index is 1.77. The molecule has 26 heavy (non-hydrogen) atoms. The van der Waals surface area contributed by atoms with Crippen molar-refractivity contribution in [2.24, 2.45) is 0 Å². The fourth-order valence-electron chi connectivity index (χ4n) is 2.42. The van der Waals surface area contributed by atoms with Crippen molar-refractivity contribution in [2.45, 2.75) is 33.4 Å². The lowest BCUT2D eigenvalue weighted by Gasteiger charge is -2.17. The van der Waals surface area contributed by atoms with E-state index in [4.69, 9.17) is 16.3 Å². The molecule has 1 aromatic heterocycles. The first kappa shape index (κ1) is 20.1. The summed E-state index contributed by atoms with van der Waals surface area (Å²) >= 11 is 6.05. The maximum Gasteiger partial charge on any atom is 0.241 e. The standard InChI is InChI=1S/C17H25ClN6O2/c1-3-23(4-2)11-7-10-19-17(25)12-24-16(20-21-22-24)13-26-15-9-6-5-8-14(15)18/h5-6,8-9H,3-4,7,10-13H2,1-2H3,(H,19,25). The van der Waals surface area contributed by atoms with Crippen LogP contribution in [-0.2, 0) is 17.9 Å². The number of carbonyl (C=O) groups excluding carboxylic acids is 1. The Labute approximate surface area is 158 Å². The lowest BCUT2D eigenvalue weighted by molar-refractivity contribution is -0.121. The molecule has 0 aliphatic carbocycles. The molecule has 0 unspecified atom stereocenters. The number of para-hydroxylation sites is 1. The van der Waals surface area contributed by atoms with Crippen molar-refractivity contribution in [3.8, 4) is 5.75 Å². The summed E-state index contributed by atoms with van der Waals surface area (Å²) in [6, 6.07) is 7.16. The van der Waals surface area contributed by atoms with Gasteiger partial charge in [0.05, 0.1) is 5.02 Å². The average molecular weight is 381 g/mol. The summed E-state index contributed by atoms with van der Waals surface area (Å²) in [7, 11) is 0. The van der Waals surface area contributed by atoms with E-state index in [0.717, 1.165) is 26.1 Å². The third kappa shape index (κ3) is 6.27. The minimum Gasteiger partial charge on any atom is -0.484 e. The normalized spacial score (nSPS) is 10.9. The van der Waals surface area contributed by atoms with Crippen molar-refractivity contribution in [1.29, 1.82) is 0 Å². The van der Waals surface area contributed by atoms with Gasteiger partial charge in [-0.1, -0.05) is 37.6 Å². The van der Waals surface area contributed by atoms with Crippen LogP contribution in [0.4, 0.5) is 0 Å². The van der Waals surface area contributed by atoms with Crippen LogP contribution in [0.1, 0.15) is 26.1 Å². The molecule has 1 amide bonds. The van der Waals surface area contributed by atoms with Crippen LogP contribution < -0.4 is 10.1 Å². The van der Waals surface area contributed by atoms with E-state index in [1.165, 1.54) is 4.68 Å². The predicted octanol–water partition coefficient (Wildman–Crippen LogP) is 1.75. The first-order chi connectivity index (χ1) is 12.6. The monoisotopic (exact) mass is 380 g/mol. The molecule has 0 saturated heterocycles. The van der Waals surface area contributed by atoms with Gasteiger partial charge < -0.3 is 15.0 Å². The highest BCUT2D eigenvalue weighted by Crippen LogP contribution is 2.23. The number of aromatic nitrogens is 4. The van der Waals surface area contributed by atoms with E-state index in [9.17, 15) is 4.79 Å². The molecule has 1 aromatic carbocycles. The number of benzene rings is 1. The number of tetrazole rings is 1. The Hall–Kier alpha value is -2.19. The topological polar surface area (TPSA) is 85.2 Å². The molecule has 0 saturated carbocycles. The van der Waals surface area contributed by atoms with E-state index in [2.05, 4.69) is 39.6 Å². The molecule has 2 rings (SSSR count). The molecule has 9 heteroatoms. The van der Waals surface area contributed by atoms with Gasteiger partial charge in [0.25, 0.3) is 0 Å². The van der Waals surface area contributed by atoms with E-state index >= 15 is 0 Å². The zero-order chi connectivity index (χ0) is 18.8. The van der Waals surface area contributed by atoms with Gasteiger partial charge in [0.2, 0.25) is 5.91 Å². The van der Waals surface area contributed by atoms with E-state index in [-0.39, 0.29) is 19.1 Å². The summed E-state index contributed by atoms with van der Waals surface area (Å²) < 4.78 is 7.05. The van der Waals surface area contributed by atoms with E-state index < -0.39 is 0 Å².